The number of para-hydroxylation sites is 1. The number of ether oxygens (including phenoxy) is 1. The fourth-order valence-corrected chi connectivity index (χ4v) is 3.78. The Balaban J connectivity index is 1.53. The van der Waals surface area contributed by atoms with Crippen molar-refractivity contribution in [3.8, 4) is 5.75 Å². The smallest absolute Gasteiger partial charge is 0.407 e. The van der Waals surface area contributed by atoms with Gasteiger partial charge in [-0.3, -0.25) is 4.79 Å². The van der Waals surface area contributed by atoms with Crippen LogP contribution in [0.4, 0.5) is 21.0 Å². The van der Waals surface area contributed by atoms with Crippen LogP contribution in [0.1, 0.15) is 15.9 Å². The SMILES string of the molecule is CNC(=O)c1ccc(NC(=O)Nc2ccc(C[C@@H](CO)N(C[C@H](O)COc3ccccc3)C(=O)O)cc2)cc1. The van der Waals surface area contributed by atoms with Gasteiger partial charge in [0.15, 0.2) is 0 Å². The monoisotopic (exact) mass is 536 g/mol. The van der Waals surface area contributed by atoms with Gasteiger partial charge in [-0.25, -0.2) is 9.59 Å². The topological polar surface area (TPSA) is 160 Å². The second-order valence-electron chi connectivity index (χ2n) is 8.69. The summed E-state index contributed by atoms with van der Waals surface area (Å²) < 4.78 is 5.49. The lowest BCUT2D eigenvalue weighted by Gasteiger charge is -2.30. The highest BCUT2D eigenvalue weighted by Gasteiger charge is 2.26. The van der Waals surface area contributed by atoms with Gasteiger partial charge in [0.1, 0.15) is 18.5 Å². The third-order valence-electron chi connectivity index (χ3n) is 5.81. The Kier molecular flexibility index (Phi) is 10.7. The number of rotatable bonds is 12. The molecule has 0 bridgehead atoms. The van der Waals surface area contributed by atoms with Crippen molar-refractivity contribution in [1.29, 1.82) is 0 Å². The van der Waals surface area contributed by atoms with E-state index in [-0.39, 0.29) is 25.5 Å². The van der Waals surface area contributed by atoms with Gasteiger partial charge in [-0.1, -0.05) is 30.3 Å². The summed E-state index contributed by atoms with van der Waals surface area (Å²) in [4.78, 5) is 36.8. The van der Waals surface area contributed by atoms with E-state index in [1.54, 1.807) is 72.8 Å². The van der Waals surface area contributed by atoms with Gasteiger partial charge < -0.3 is 40.9 Å². The fraction of sp³-hybridized carbons (Fsp3) is 0.250. The van der Waals surface area contributed by atoms with E-state index >= 15 is 0 Å². The van der Waals surface area contributed by atoms with Crippen molar-refractivity contribution in [3.05, 3.63) is 90.0 Å². The number of benzene rings is 3. The molecule has 0 saturated heterocycles. The number of hydrogen-bond acceptors (Lipinski definition) is 6. The van der Waals surface area contributed by atoms with E-state index in [9.17, 15) is 29.7 Å². The first kappa shape index (κ1) is 29.0. The van der Waals surface area contributed by atoms with Gasteiger partial charge in [0.2, 0.25) is 0 Å². The Morgan fingerprint density at radius 3 is 2.03 bits per heavy atom. The van der Waals surface area contributed by atoms with E-state index in [0.29, 0.717) is 22.7 Å². The van der Waals surface area contributed by atoms with E-state index in [1.807, 2.05) is 6.07 Å². The van der Waals surface area contributed by atoms with Gasteiger partial charge in [-0.2, -0.15) is 0 Å². The molecule has 11 heteroatoms. The molecule has 0 fully saturated rings. The van der Waals surface area contributed by atoms with Crippen LogP contribution in [0.25, 0.3) is 0 Å². The molecule has 0 spiro atoms. The fourth-order valence-electron chi connectivity index (χ4n) is 3.78. The quantitative estimate of drug-likeness (QED) is 0.207. The minimum absolute atomic E-state index is 0.105. The average Bonchev–Trinajstić information content (AvgIpc) is 2.95. The van der Waals surface area contributed by atoms with Crippen LogP contribution in [0.2, 0.25) is 0 Å². The summed E-state index contributed by atoms with van der Waals surface area (Å²) in [6.45, 7) is -0.788. The van der Waals surface area contributed by atoms with Crippen LogP contribution in [0, 0.1) is 0 Å². The van der Waals surface area contributed by atoms with Gasteiger partial charge in [-0.15, -0.1) is 0 Å². The Bertz CT molecular complexity index is 1220. The molecule has 0 heterocycles. The minimum atomic E-state index is -1.27. The van der Waals surface area contributed by atoms with Crippen LogP contribution in [-0.4, -0.2) is 77.2 Å². The maximum Gasteiger partial charge on any atom is 0.407 e. The van der Waals surface area contributed by atoms with Gasteiger partial charge in [0.05, 0.1) is 19.2 Å². The number of carboxylic acid groups (broad SMARTS) is 1. The molecule has 0 aliphatic heterocycles. The Morgan fingerprint density at radius 2 is 1.49 bits per heavy atom. The van der Waals surface area contributed by atoms with Crippen LogP contribution < -0.4 is 20.7 Å². The lowest BCUT2D eigenvalue weighted by molar-refractivity contribution is 0.0388. The molecule has 0 aromatic heterocycles. The maximum atomic E-state index is 12.3. The maximum absolute atomic E-state index is 12.3. The standard InChI is InChI=1S/C28H32N4O7/c1-29-26(35)20-9-13-22(14-10-20)31-27(36)30-21-11-7-19(8-12-21)15-23(17-33)32(28(37)38)16-24(34)18-39-25-5-3-2-4-6-25/h2-14,23-24,33-34H,15-18H2,1H3,(H,29,35)(H,37,38)(H2,30,31,36)/t23-,24-/m0/s1. The molecule has 206 valence electrons. The molecule has 39 heavy (non-hydrogen) atoms. The van der Waals surface area contributed by atoms with Gasteiger partial charge in [0.25, 0.3) is 5.91 Å². The van der Waals surface area contributed by atoms with Crippen LogP contribution in [0.3, 0.4) is 0 Å². The van der Waals surface area contributed by atoms with Crippen molar-refractivity contribution in [2.45, 2.75) is 18.6 Å². The summed E-state index contributed by atoms with van der Waals surface area (Å²) in [6.07, 6.45) is -2.18. The van der Waals surface area contributed by atoms with Crippen LogP contribution >= 0.6 is 0 Å². The average molecular weight is 537 g/mol. The molecule has 0 aliphatic rings. The molecule has 0 unspecified atom stereocenters. The third-order valence-corrected chi connectivity index (χ3v) is 5.81. The number of urea groups is 1. The molecule has 0 radical (unpaired) electrons. The zero-order valence-electron chi connectivity index (χ0n) is 21.4. The van der Waals surface area contributed by atoms with E-state index in [0.717, 1.165) is 10.5 Å². The summed E-state index contributed by atoms with van der Waals surface area (Å²) in [5.74, 6) is 0.327. The largest absolute Gasteiger partial charge is 0.491 e. The van der Waals surface area contributed by atoms with Crippen molar-refractivity contribution in [3.63, 3.8) is 0 Å². The molecular formula is C28H32N4O7. The molecule has 3 aromatic rings. The number of hydrogen-bond donors (Lipinski definition) is 6. The van der Waals surface area contributed by atoms with Crippen molar-refractivity contribution < 1.29 is 34.4 Å². The zero-order chi connectivity index (χ0) is 28.2. The second kappa shape index (κ2) is 14.4. The molecule has 3 aromatic carbocycles. The van der Waals surface area contributed by atoms with Crippen molar-refractivity contribution >= 4 is 29.4 Å². The molecular weight excluding hydrogens is 504 g/mol. The van der Waals surface area contributed by atoms with Crippen molar-refractivity contribution in [1.82, 2.24) is 10.2 Å². The van der Waals surface area contributed by atoms with Crippen molar-refractivity contribution in [2.24, 2.45) is 0 Å². The number of aliphatic hydroxyl groups is 2. The van der Waals surface area contributed by atoms with E-state index in [1.165, 1.54) is 7.05 Å². The number of carbonyl (C=O) groups excluding carboxylic acids is 2. The summed E-state index contributed by atoms with van der Waals surface area (Å²) in [5, 5.41) is 37.8. The number of nitrogens with zero attached hydrogens (tertiary/aromatic N) is 1. The lowest BCUT2D eigenvalue weighted by atomic mass is 10.0. The summed E-state index contributed by atoms with van der Waals surface area (Å²) >= 11 is 0. The number of anilines is 2. The Hall–Kier alpha value is -4.61. The highest BCUT2D eigenvalue weighted by Crippen LogP contribution is 2.16. The van der Waals surface area contributed by atoms with Gasteiger partial charge in [-0.05, 0) is 60.5 Å². The highest BCUT2D eigenvalue weighted by atomic mass is 16.5. The number of amides is 4. The summed E-state index contributed by atoms with van der Waals surface area (Å²) in [7, 11) is 1.54. The normalized spacial score (nSPS) is 12.1. The first-order valence-electron chi connectivity index (χ1n) is 12.2. The van der Waals surface area contributed by atoms with Crippen LogP contribution in [-0.2, 0) is 6.42 Å². The predicted molar refractivity (Wildman–Crippen MR) is 146 cm³/mol. The number of carbonyl (C=O) groups is 3. The second-order valence-corrected chi connectivity index (χ2v) is 8.69. The third kappa shape index (κ3) is 9.02. The Morgan fingerprint density at radius 1 is 0.897 bits per heavy atom. The number of aliphatic hydroxyl groups excluding tert-OH is 2. The van der Waals surface area contributed by atoms with Crippen LogP contribution in [0.5, 0.6) is 5.75 Å². The van der Waals surface area contributed by atoms with Gasteiger partial charge in [0, 0.05) is 24.0 Å². The summed E-state index contributed by atoms with van der Waals surface area (Å²) in [6, 6.07) is 20.7. The van der Waals surface area contributed by atoms with E-state index in [4.69, 9.17) is 4.74 Å². The number of nitrogens with one attached hydrogen (secondary N) is 3. The molecule has 0 saturated carbocycles. The molecule has 6 N–H and O–H groups in total. The minimum Gasteiger partial charge on any atom is -0.491 e. The molecule has 4 amide bonds. The summed E-state index contributed by atoms with van der Waals surface area (Å²) in [5.41, 5.74) is 2.21. The van der Waals surface area contributed by atoms with E-state index < -0.39 is 30.9 Å². The molecule has 3 rings (SSSR count). The first-order valence-corrected chi connectivity index (χ1v) is 12.2. The highest BCUT2D eigenvalue weighted by molar-refractivity contribution is 6.00. The Labute approximate surface area is 226 Å². The van der Waals surface area contributed by atoms with Gasteiger partial charge >= 0.3 is 12.1 Å². The molecule has 2 atom stereocenters. The zero-order valence-corrected chi connectivity index (χ0v) is 21.4. The van der Waals surface area contributed by atoms with Crippen molar-refractivity contribution in [2.75, 3.05) is 37.4 Å². The first-order chi connectivity index (χ1) is 18.8. The molecule has 0 aliphatic carbocycles. The van der Waals surface area contributed by atoms with E-state index in [2.05, 4.69) is 16.0 Å². The predicted octanol–water partition coefficient (Wildman–Crippen LogP) is 3.01. The van der Waals surface area contributed by atoms with Crippen LogP contribution in [0.15, 0.2) is 78.9 Å². The molecule has 11 nitrogen and oxygen atoms in total. The lowest BCUT2D eigenvalue weighted by Crippen LogP contribution is -2.48.